The number of esters is 2. The Balaban J connectivity index is 2.50. The van der Waals surface area contributed by atoms with Gasteiger partial charge in [-0.3, -0.25) is 0 Å². The molecule has 126 valence electrons. The Kier molecular flexibility index (Phi) is 4.52. The summed E-state index contributed by atoms with van der Waals surface area (Å²) >= 11 is 0. The van der Waals surface area contributed by atoms with E-state index in [1.165, 1.54) is 14.2 Å². The summed E-state index contributed by atoms with van der Waals surface area (Å²) in [6.45, 7) is 1.98. The summed E-state index contributed by atoms with van der Waals surface area (Å²) in [6, 6.07) is 17.1. The highest BCUT2D eigenvalue weighted by Crippen LogP contribution is 2.36. The van der Waals surface area contributed by atoms with Crippen LogP contribution in [0.5, 0.6) is 0 Å². The number of hydrogen-bond acceptors (Lipinski definition) is 4. The lowest BCUT2D eigenvalue weighted by Gasteiger charge is -2.16. The van der Waals surface area contributed by atoms with E-state index in [0.717, 1.165) is 21.9 Å². The molecular formula is C21H18O4. The number of fused-ring (bicyclic) bond motifs is 1. The second-order valence-corrected chi connectivity index (χ2v) is 5.75. The van der Waals surface area contributed by atoms with Gasteiger partial charge in [-0.2, -0.15) is 0 Å². The predicted octanol–water partition coefficient (Wildman–Crippen LogP) is 4.39. The summed E-state index contributed by atoms with van der Waals surface area (Å²) in [5.41, 5.74) is 2.99. The van der Waals surface area contributed by atoms with Gasteiger partial charge in [0.2, 0.25) is 0 Å². The van der Waals surface area contributed by atoms with Crippen LogP contribution in [-0.4, -0.2) is 26.2 Å². The molecule has 0 radical (unpaired) electrons. The topological polar surface area (TPSA) is 52.6 Å². The number of rotatable bonds is 3. The molecule has 0 unspecified atom stereocenters. The van der Waals surface area contributed by atoms with Crippen molar-refractivity contribution >= 4 is 22.7 Å². The number of carbonyl (C=O) groups excluding carboxylic acids is 2. The van der Waals surface area contributed by atoms with Crippen molar-refractivity contribution < 1.29 is 19.1 Å². The third-order valence-corrected chi connectivity index (χ3v) is 4.15. The summed E-state index contributed by atoms with van der Waals surface area (Å²) in [5.74, 6) is -1.14. The first-order valence-corrected chi connectivity index (χ1v) is 7.86. The van der Waals surface area contributed by atoms with E-state index in [4.69, 9.17) is 9.47 Å². The third-order valence-electron chi connectivity index (χ3n) is 4.15. The van der Waals surface area contributed by atoms with Crippen molar-refractivity contribution in [2.75, 3.05) is 14.2 Å². The molecule has 3 aromatic rings. The van der Waals surface area contributed by atoms with E-state index in [1.54, 1.807) is 6.07 Å². The summed E-state index contributed by atoms with van der Waals surface area (Å²) in [5, 5.41) is 1.75. The fourth-order valence-corrected chi connectivity index (χ4v) is 3.02. The Morgan fingerprint density at radius 3 is 2.16 bits per heavy atom. The van der Waals surface area contributed by atoms with Crippen molar-refractivity contribution in [2.45, 2.75) is 6.92 Å². The van der Waals surface area contributed by atoms with Crippen LogP contribution >= 0.6 is 0 Å². The number of hydrogen-bond donors (Lipinski definition) is 0. The molecule has 4 heteroatoms. The molecule has 4 nitrogen and oxygen atoms in total. The van der Waals surface area contributed by atoms with Gasteiger partial charge in [0.15, 0.2) is 0 Å². The smallest absolute Gasteiger partial charge is 0.339 e. The Morgan fingerprint density at radius 1 is 0.840 bits per heavy atom. The van der Waals surface area contributed by atoms with Crippen molar-refractivity contribution in [2.24, 2.45) is 0 Å². The molecule has 0 saturated heterocycles. The number of methoxy groups -OCH3 is 2. The molecule has 0 aliphatic rings. The highest BCUT2D eigenvalue weighted by Gasteiger charge is 2.25. The molecule has 3 aromatic carbocycles. The van der Waals surface area contributed by atoms with Crippen LogP contribution in [0.2, 0.25) is 0 Å². The number of aryl methyl sites for hydroxylation is 1. The first-order chi connectivity index (χ1) is 12.1. The van der Waals surface area contributed by atoms with Gasteiger partial charge in [0.25, 0.3) is 0 Å². The number of carbonyl (C=O) groups is 2. The highest BCUT2D eigenvalue weighted by molar-refractivity contribution is 6.15. The zero-order valence-electron chi connectivity index (χ0n) is 14.3. The molecule has 0 aliphatic heterocycles. The van der Waals surface area contributed by atoms with E-state index >= 15 is 0 Å². The van der Waals surface area contributed by atoms with Crippen molar-refractivity contribution in [3.05, 3.63) is 71.3 Å². The van der Waals surface area contributed by atoms with Crippen LogP contribution in [0.15, 0.2) is 54.6 Å². The molecule has 0 atom stereocenters. The molecule has 0 aliphatic carbocycles. The van der Waals surface area contributed by atoms with Gasteiger partial charge in [-0.05, 0) is 29.3 Å². The Morgan fingerprint density at radius 2 is 1.52 bits per heavy atom. The second kappa shape index (κ2) is 6.77. The van der Waals surface area contributed by atoms with Crippen LogP contribution in [0.4, 0.5) is 0 Å². The van der Waals surface area contributed by atoms with E-state index in [2.05, 4.69) is 0 Å². The summed E-state index contributed by atoms with van der Waals surface area (Å²) in [4.78, 5) is 24.9. The molecule has 25 heavy (non-hydrogen) atoms. The third kappa shape index (κ3) is 2.98. The normalized spacial score (nSPS) is 10.5. The molecule has 0 spiro atoms. The van der Waals surface area contributed by atoms with E-state index in [9.17, 15) is 9.59 Å². The van der Waals surface area contributed by atoms with Crippen molar-refractivity contribution in [1.82, 2.24) is 0 Å². The average molecular weight is 334 g/mol. The van der Waals surface area contributed by atoms with Gasteiger partial charge in [0.05, 0.1) is 25.3 Å². The molecule has 0 N–H and O–H groups in total. The lowest BCUT2D eigenvalue weighted by molar-refractivity contribution is 0.0556. The van der Waals surface area contributed by atoms with E-state index < -0.39 is 11.9 Å². The van der Waals surface area contributed by atoms with Gasteiger partial charge < -0.3 is 9.47 Å². The van der Waals surface area contributed by atoms with E-state index in [0.29, 0.717) is 5.56 Å². The average Bonchev–Trinajstić information content (AvgIpc) is 2.65. The van der Waals surface area contributed by atoms with Crippen molar-refractivity contribution in [3.63, 3.8) is 0 Å². The summed E-state index contributed by atoms with van der Waals surface area (Å²) in [7, 11) is 2.60. The standard InChI is InChI=1S/C21H18O4/c1-13-9-10-16-15(11-13)12-17(20(22)24-2)19(21(23)25-3)18(16)14-7-5-4-6-8-14/h4-12H,1-3H3. The molecule has 0 saturated carbocycles. The van der Waals surface area contributed by atoms with Crippen molar-refractivity contribution in [1.29, 1.82) is 0 Å². The quantitative estimate of drug-likeness (QED) is 0.667. The molecule has 0 aromatic heterocycles. The predicted molar refractivity (Wildman–Crippen MR) is 96.8 cm³/mol. The molecular weight excluding hydrogens is 316 g/mol. The van der Waals surface area contributed by atoms with Crippen LogP contribution in [0, 0.1) is 6.92 Å². The maximum absolute atomic E-state index is 12.5. The summed E-state index contributed by atoms with van der Waals surface area (Å²) < 4.78 is 9.85. The van der Waals surface area contributed by atoms with E-state index in [-0.39, 0.29) is 11.1 Å². The first-order valence-electron chi connectivity index (χ1n) is 7.86. The SMILES string of the molecule is COC(=O)c1cc2cc(C)ccc2c(-c2ccccc2)c1C(=O)OC. The van der Waals surface area contributed by atoms with Crippen LogP contribution in [-0.2, 0) is 9.47 Å². The lowest BCUT2D eigenvalue weighted by Crippen LogP contribution is -2.14. The fourth-order valence-electron chi connectivity index (χ4n) is 3.02. The fraction of sp³-hybridized carbons (Fsp3) is 0.143. The molecule has 3 rings (SSSR count). The summed E-state index contributed by atoms with van der Waals surface area (Å²) in [6.07, 6.45) is 0. The second-order valence-electron chi connectivity index (χ2n) is 5.75. The Hall–Kier alpha value is -3.14. The number of ether oxygens (including phenoxy) is 2. The molecule has 0 amide bonds. The highest BCUT2D eigenvalue weighted by atomic mass is 16.5. The maximum atomic E-state index is 12.5. The van der Waals surface area contributed by atoms with Gasteiger partial charge >= 0.3 is 11.9 Å². The monoisotopic (exact) mass is 334 g/mol. The molecule has 0 bridgehead atoms. The van der Waals surface area contributed by atoms with Gasteiger partial charge in [0, 0.05) is 5.56 Å². The van der Waals surface area contributed by atoms with Gasteiger partial charge in [-0.25, -0.2) is 9.59 Å². The molecule has 0 heterocycles. The zero-order chi connectivity index (χ0) is 18.0. The minimum absolute atomic E-state index is 0.200. The minimum atomic E-state index is -0.569. The van der Waals surface area contributed by atoms with Crippen LogP contribution < -0.4 is 0 Å². The van der Waals surface area contributed by atoms with Crippen LogP contribution in [0.25, 0.3) is 21.9 Å². The number of benzene rings is 3. The maximum Gasteiger partial charge on any atom is 0.339 e. The van der Waals surface area contributed by atoms with Gasteiger partial charge in [-0.1, -0.05) is 54.1 Å². The zero-order valence-corrected chi connectivity index (χ0v) is 14.3. The van der Waals surface area contributed by atoms with Crippen LogP contribution in [0.1, 0.15) is 26.3 Å². The van der Waals surface area contributed by atoms with Gasteiger partial charge in [-0.15, -0.1) is 0 Å². The minimum Gasteiger partial charge on any atom is -0.465 e. The first kappa shape index (κ1) is 16.7. The molecule has 0 fully saturated rings. The lowest BCUT2D eigenvalue weighted by atomic mass is 9.89. The largest absolute Gasteiger partial charge is 0.465 e. The van der Waals surface area contributed by atoms with Crippen LogP contribution in [0.3, 0.4) is 0 Å². The van der Waals surface area contributed by atoms with E-state index in [1.807, 2.05) is 55.5 Å². The van der Waals surface area contributed by atoms with Crippen molar-refractivity contribution in [3.8, 4) is 11.1 Å². The Bertz CT molecular complexity index is 959. The van der Waals surface area contributed by atoms with Gasteiger partial charge in [0.1, 0.15) is 0 Å². The Labute approximate surface area is 146 Å².